The first-order valence-corrected chi connectivity index (χ1v) is 8.60. The summed E-state index contributed by atoms with van der Waals surface area (Å²) in [6.07, 6.45) is 0.775. The number of nitrogens with zero attached hydrogens (tertiary/aromatic N) is 2. The molecule has 1 atom stereocenters. The van der Waals surface area contributed by atoms with E-state index in [0.29, 0.717) is 6.04 Å². The Kier molecular flexibility index (Phi) is 5.30. The summed E-state index contributed by atoms with van der Waals surface area (Å²) in [5.41, 5.74) is 1.51. The Morgan fingerprint density at radius 2 is 1.50 bits per heavy atom. The van der Waals surface area contributed by atoms with Crippen molar-refractivity contribution in [1.82, 2.24) is 4.90 Å². The topological polar surface area (TPSA) is 36.3 Å². The van der Waals surface area contributed by atoms with Crippen LogP contribution in [0.2, 0.25) is 0 Å². The van der Waals surface area contributed by atoms with Crippen molar-refractivity contribution < 1.29 is 4.74 Å². The molecule has 1 aliphatic rings. The fourth-order valence-electron chi connectivity index (χ4n) is 3.61. The van der Waals surface area contributed by atoms with E-state index < -0.39 is 5.41 Å². The molecule has 0 aliphatic carbocycles. The van der Waals surface area contributed by atoms with E-state index in [1.165, 1.54) is 0 Å². The van der Waals surface area contributed by atoms with Gasteiger partial charge in [-0.15, -0.1) is 0 Å². The zero-order chi connectivity index (χ0) is 16.8. The van der Waals surface area contributed by atoms with Gasteiger partial charge >= 0.3 is 0 Å². The molecule has 1 aliphatic heterocycles. The summed E-state index contributed by atoms with van der Waals surface area (Å²) >= 11 is 0. The van der Waals surface area contributed by atoms with Crippen LogP contribution in [-0.2, 0) is 10.2 Å². The Morgan fingerprint density at radius 1 is 1.00 bits per heavy atom. The van der Waals surface area contributed by atoms with Gasteiger partial charge in [0.15, 0.2) is 0 Å². The van der Waals surface area contributed by atoms with Crippen LogP contribution in [0.3, 0.4) is 0 Å². The molecule has 0 saturated carbocycles. The van der Waals surface area contributed by atoms with Gasteiger partial charge in [0.25, 0.3) is 0 Å². The highest BCUT2D eigenvalue weighted by atomic mass is 16.5. The van der Waals surface area contributed by atoms with Gasteiger partial charge in [0, 0.05) is 19.1 Å². The maximum Gasteiger partial charge on any atom is 0.109 e. The molecule has 0 aromatic heterocycles. The van der Waals surface area contributed by atoms with Gasteiger partial charge in [-0.25, -0.2) is 0 Å². The van der Waals surface area contributed by atoms with Crippen LogP contribution < -0.4 is 0 Å². The molecular weight excluding hydrogens is 296 g/mol. The summed E-state index contributed by atoms with van der Waals surface area (Å²) in [4.78, 5) is 2.43. The number of morpholine rings is 1. The van der Waals surface area contributed by atoms with Crippen LogP contribution in [0.1, 0.15) is 24.5 Å². The van der Waals surface area contributed by atoms with Gasteiger partial charge in [-0.05, 0) is 24.5 Å². The van der Waals surface area contributed by atoms with Crippen LogP contribution in [0.15, 0.2) is 60.7 Å². The van der Waals surface area contributed by atoms with Crippen LogP contribution in [0.25, 0.3) is 0 Å². The summed E-state index contributed by atoms with van der Waals surface area (Å²) in [6, 6.07) is 23.3. The van der Waals surface area contributed by atoms with Crippen LogP contribution >= 0.6 is 0 Å². The minimum absolute atomic E-state index is 0.314. The van der Waals surface area contributed by atoms with Crippen molar-refractivity contribution >= 4 is 0 Å². The second-order valence-corrected chi connectivity index (χ2v) is 6.45. The average Bonchev–Trinajstić information content (AvgIpc) is 2.68. The fourth-order valence-corrected chi connectivity index (χ4v) is 3.61. The van der Waals surface area contributed by atoms with Crippen molar-refractivity contribution in [3.05, 3.63) is 71.8 Å². The standard InChI is InChI=1S/C21H24N2O/c1-18(23-12-14-24-15-13-23)16-21(17-22,19-8-4-2-5-9-19)20-10-6-3-7-11-20/h2-11,18H,12-16H2,1H3/t18-/m0/s1. The molecule has 2 aromatic rings. The normalized spacial score (nSPS) is 17.2. The molecule has 1 fully saturated rings. The molecule has 24 heavy (non-hydrogen) atoms. The Morgan fingerprint density at radius 3 is 1.96 bits per heavy atom. The zero-order valence-electron chi connectivity index (χ0n) is 14.2. The van der Waals surface area contributed by atoms with Crippen molar-refractivity contribution in [3.8, 4) is 6.07 Å². The average molecular weight is 320 g/mol. The molecule has 0 radical (unpaired) electrons. The van der Waals surface area contributed by atoms with Crippen molar-refractivity contribution in [2.45, 2.75) is 24.8 Å². The van der Waals surface area contributed by atoms with Crippen LogP contribution in [0, 0.1) is 11.3 Å². The van der Waals surface area contributed by atoms with Crippen LogP contribution in [0.4, 0.5) is 0 Å². The summed E-state index contributed by atoms with van der Waals surface area (Å²) < 4.78 is 5.47. The van der Waals surface area contributed by atoms with E-state index in [4.69, 9.17) is 4.74 Å². The van der Waals surface area contributed by atoms with Crippen LogP contribution in [-0.4, -0.2) is 37.2 Å². The number of ether oxygens (including phenoxy) is 1. The highest BCUT2D eigenvalue weighted by Gasteiger charge is 2.37. The first-order valence-electron chi connectivity index (χ1n) is 8.60. The van der Waals surface area contributed by atoms with E-state index in [9.17, 15) is 5.26 Å². The van der Waals surface area contributed by atoms with E-state index in [-0.39, 0.29) is 0 Å². The second kappa shape index (κ2) is 7.61. The molecule has 1 saturated heterocycles. The molecule has 2 aromatic carbocycles. The van der Waals surface area contributed by atoms with Gasteiger partial charge < -0.3 is 4.74 Å². The number of nitriles is 1. The predicted octanol–water partition coefficient (Wildman–Crippen LogP) is 3.61. The monoisotopic (exact) mass is 320 g/mol. The maximum atomic E-state index is 10.2. The van der Waals surface area contributed by atoms with Gasteiger partial charge in [0.1, 0.15) is 5.41 Å². The number of hydrogen-bond donors (Lipinski definition) is 0. The zero-order valence-corrected chi connectivity index (χ0v) is 14.2. The summed E-state index contributed by atoms with van der Waals surface area (Å²) in [6.45, 7) is 5.66. The van der Waals surface area contributed by atoms with Gasteiger partial charge in [0.05, 0.1) is 19.3 Å². The highest BCUT2D eigenvalue weighted by molar-refractivity contribution is 5.46. The van der Waals surface area contributed by atoms with Gasteiger partial charge in [-0.3, -0.25) is 4.90 Å². The minimum Gasteiger partial charge on any atom is -0.379 e. The fraction of sp³-hybridized carbons (Fsp3) is 0.381. The van der Waals surface area contributed by atoms with E-state index in [0.717, 1.165) is 43.9 Å². The molecule has 1 heterocycles. The number of rotatable bonds is 5. The second-order valence-electron chi connectivity index (χ2n) is 6.45. The van der Waals surface area contributed by atoms with Crippen molar-refractivity contribution in [1.29, 1.82) is 5.26 Å². The van der Waals surface area contributed by atoms with Crippen molar-refractivity contribution in [2.75, 3.05) is 26.3 Å². The van der Waals surface area contributed by atoms with E-state index in [1.807, 2.05) is 36.4 Å². The Balaban J connectivity index is 1.97. The van der Waals surface area contributed by atoms with E-state index in [2.05, 4.69) is 42.2 Å². The predicted molar refractivity (Wildman–Crippen MR) is 95.7 cm³/mol. The van der Waals surface area contributed by atoms with E-state index >= 15 is 0 Å². The van der Waals surface area contributed by atoms with Gasteiger partial charge in [-0.2, -0.15) is 5.26 Å². The lowest BCUT2D eigenvalue weighted by atomic mass is 9.71. The molecule has 0 bridgehead atoms. The molecule has 0 unspecified atom stereocenters. The quantitative estimate of drug-likeness (QED) is 0.844. The summed E-state index contributed by atoms with van der Waals surface area (Å²) in [7, 11) is 0. The maximum absolute atomic E-state index is 10.2. The van der Waals surface area contributed by atoms with Gasteiger partial charge in [-0.1, -0.05) is 60.7 Å². The molecule has 124 valence electrons. The number of benzene rings is 2. The molecule has 0 N–H and O–H groups in total. The van der Waals surface area contributed by atoms with Crippen LogP contribution in [0.5, 0.6) is 0 Å². The van der Waals surface area contributed by atoms with E-state index in [1.54, 1.807) is 0 Å². The summed E-state index contributed by atoms with van der Waals surface area (Å²) in [5, 5.41) is 10.2. The van der Waals surface area contributed by atoms with Crippen molar-refractivity contribution in [3.63, 3.8) is 0 Å². The van der Waals surface area contributed by atoms with Gasteiger partial charge in [0.2, 0.25) is 0 Å². The highest BCUT2D eigenvalue weighted by Crippen LogP contribution is 2.37. The molecule has 3 nitrogen and oxygen atoms in total. The smallest absolute Gasteiger partial charge is 0.109 e. The first kappa shape index (κ1) is 16.7. The largest absolute Gasteiger partial charge is 0.379 e. The lowest BCUT2D eigenvalue weighted by Crippen LogP contribution is -2.45. The first-order chi connectivity index (χ1) is 11.8. The third-order valence-electron chi connectivity index (χ3n) is 4.99. The Bertz CT molecular complexity index is 632. The molecular formula is C21H24N2O. The minimum atomic E-state index is -0.625. The third kappa shape index (κ3) is 3.36. The number of hydrogen-bond acceptors (Lipinski definition) is 3. The molecule has 3 heteroatoms. The lowest BCUT2D eigenvalue weighted by molar-refractivity contribution is 0.0164. The Labute approximate surface area is 144 Å². The SMILES string of the molecule is C[C@@H](CC(C#N)(c1ccccc1)c1ccccc1)N1CCOCC1. The molecule has 0 amide bonds. The molecule has 3 rings (SSSR count). The lowest BCUT2D eigenvalue weighted by Gasteiger charge is -2.37. The molecule has 0 spiro atoms. The summed E-state index contributed by atoms with van der Waals surface area (Å²) in [5.74, 6) is 0. The Hall–Kier alpha value is -2.15. The third-order valence-corrected chi connectivity index (χ3v) is 4.99. The van der Waals surface area contributed by atoms with Crippen molar-refractivity contribution in [2.24, 2.45) is 0 Å².